The molecule has 1 aromatic heterocycles. The molecule has 0 radical (unpaired) electrons. The van der Waals surface area contributed by atoms with Crippen LogP contribution in [0.3, 0.4) is 0 Å². The van der Waals surface area contributed by atoms with E-state index in [-0.39, 0.29) is 29.3 Å². The van der Waals surface area contributed by atoms with Crippen LogP contribution in [-0.2, 0) is 14.8 Å². The molecule has 1 aliphatic rings. The minimum atomic E-state index is -3.75. The summed E-state index contributed by atoms with van der Waals surface area (Å²) in [6, 6.07) is 5.58. The highest BCUT2D eigenvalue weighted by Gasteiger charge is 2.34. The number of nitrogens with one attached hydrogen (secondary N) is 1. The summed E-state index contributed by atoms with van der Waals surface area (Å²) < 4.78 is 41.8. The number of amides is 1. The number of hydrogen-bond acceptors (Lipinski definition) is 4. The Hall–Kier alpha value is -2.26. The lowest BCUT2D eigenvalue weighted by atomic mass is 9.99. The Labute approximate surface area is 158 Å². The Morgan fingerprint density at radius 3 is 2.63 bits per heavy atom. The number of benzene rings is 1. The van der Waals surface area contributed by atoms with E-state index < -0.39 is 15.9 Å². The van der Waals surface area contributed by atoms with Crippen LogP contribution < -0.4 is 5.32 Å². The van der Waals surface area contributed by atoms with Crippen molar-refractivity contribution in [1.29, 1.82) is 0 Å². The number of carbonyl (C=O) groups is 1. The molecule has 1 amide bonds. The van der Waals surface area contributed by atoms with Crippen LogP contribution in [0, 0.1) is 11.7 Å². The maximum atomic E-state index is 13.0. The van der Waals surface area contributed by atoms with Crippen molar-refractivity contribution in [1.82, 2.24) is 13.9 Å². The molecule has 3 rings (SSSR count). The Kier molecular flexibility index (Phi) is 5.61. The van der Waals surface area contributed by atoms with Gasteiger partial charge >= 0.3 is 0 Å². The predicted molar refractivity (Wildman–Crippen MR) is 99.1 cm³/mol. The number of carbonyl (C=O) groups excluding carboxylic acids is 1. The summed E-state index contributed by atoms with van der Waals surface area (Å²) in [5.74, 6) is -1.12. The predicted octanol–water partition coefficient (Wildman–Crippen LogP) is 2.64. The Balaban J connectivity index is 1.70. The molecule has 27 heavy (non-hydrogen) atoms. The van der Waals surface area contributed by atoms with Crippen LogP contribution in [0.5, 0.6) is 0 Å². The maximum Gasteiger partial charge on any atom is 0.262 e. The molecule has 0 saturated carbocycles. The standard InChI is InChI=1S/C18H23FN4O3S/c1-13(2)22-11-17(20-12-22)27(25,26)23-9-3-4-14(10-23)18(24)21-16-7-5-15(19)6-8-16/h5-8,11-14H,3-4,9-10H2,1-2H3,(H,21,24). The van der Waals surface area contributed by atoms with E-state index in [2.05, 4.69) is 10.3 Å². The number of anilines is 1. The first-order valence-electron chi connectivity index (χ1n) is 8.87. The van der Waals surface area contributed by atoms with Gasteiger partial charge in [-0.1, -0.05) is 0 Å². The smallest absolute Gasteiger partial charge is 0.262 e. The molecular formula is C18H23FN4O3S. The van der Waals surface area contributed by atoms with Crippen molar-refractivity contribution in [3.8, 4) is 0 Å². The molecule has 0 bridgehead atoms. The van der Waals surface area contributed by atoms with Gasteiger partial charge in [0.25, 0.3) is 10.0 Å². The third-order valence-corrected chi connectivity index (χ3v) is 6.40. The third-order valence-electron chi connectivity index (χ3n) is 4.64. The topological polar surface area (TPSA) is 84.3 Å². The fourth-order valence-electron chi connectivity index (χ4n) is 3.02. The van der Waals surface area contributed by atoms with Gasteiger partial charge in [-0.05, 0) is 51.0 Å². The summed E-state index contributed by atoms with van der Waals surface area (Å²) in [7, 11) is -3.75. The highest BCUT2D eigenvalue weighted by molar-refractivity contribution is 7.89. The molecule has 0 spiro atoms. The monoisotopic (exact) mass is 394 g/mol. The first-order chi connectivity index (χ1) is 12.8. The lowest BCUT2D eigenvalue weighted by Gasteiger charge is -2.30. The lowest BCUT2D eigenvalue weighted by molar-refractivity contribution is -0.120. The van der Waals surface area contributed by atoms with Crippen molar-refractivity contribution in [3.63, 3.8) is 0 Å². The number of piperidine rings is 1. The summed E-state index contributed by atoms with van der Waals surface area (Å²) in [5.41, 5.74) is 0.483. The van der Waals surface area contributed by atoms with E-state index in [1.165, 1.54) is 41.1 Å². The fraction of sp³-hybridized carbons (Fsp3) is 0.444. The van der Waals surface area contributed by atoms with Gasteiger partial charge in [0.05, 0.1) is 12.2 Å². The minimum absolute atomic E-state index is 0.00390. The molecule has 2 heterocycles. The highest BCUT2D eigenvalue weighted by Crippen LogP contribution is 2.24. The molecule has 1 atom stereocenters. The van der Waals surface area contributed by atoms with Crippen molar-refractivity contribution >= 4 is 21.6 Å². The second-order valence-corrected chi connectivity index (χ2v) is 8.84. The van der Waals surface area contributed by atoms with Crippen LogP contribution in [0.15, 0.2) is 41.8 Å². The molecule has 1 N–H and O–H groups in total. The number of halogens is 1. The Bertz CT molecular complexity index is 909. The van der Waals surface area contributed by atoms with E-state index in [1.54, 1.807) is 4.57 Å². The molecule has 1 saturated heterocycles. The quantitative estimate of drug-likeness (QED) is 0.845. The average molecular weight is 394 g/mol. The number of imidazole rings is 1. The van der Waals surface area contributed by atoms with Crippen molar-refractivity contribution in [2.75, 3.05) is 18.4 Å². The van der Waals surface area contributed by atoms with Gasteiger partial charge in [0, 0.05) is 31.0 Å². The summed E-state index contributed by atoms with van der Waals surface area (Å²) in [4.78, 5) is 16.5. The second kappa shape index (κ2) is 7.77. The van der Waals surface area contributed by atoms with Crippen LogP contribution in [0.25, 0.3) is 0 Å². The molecule has 9 heteroatoms. The first kappa shape index (κ1) is 19.5. The third kappa shape index (κ3) is 4.36. The molecule has 2 aromatic rings. The molecule has 7 nitrogen and oxygen atoms in total. The van der Waals surface area contributed by atoms with Gasteiger partial charge in [0.15, 0.2) is 5.03 Å². The van der Waals surface area contributed by atoms with E-state index in [9.17, 15) is 17.6 Å². The van der Waals surface area contributed by atoms with E-state index in [0.29, 0.717) is 25.1 Å². The lowest BCUT2D eigenvalue weighted by Crippen LogP contribution is -2.43. The molecular weight excluding hydrogens is 371 g/mol. The van der Waals surface area contributed by atoms with Gasteiger partial charge in [-0.15, -0.1) is 0 Å². The van der Waals surface area contributed by atoms with Crippen LogP contribution in [0.2, 0.25) is 0 Å². The van der Waals surface area contributed by atoms with Crippen molar-refractivity contribution in [2.45, 2.75) is 37.8 Å². The largest absolute Gasteiger partial charge is 0.334 e. The number of sulfonamides is 1. The van der Waals surface area contributed by atoms with Gasteiger partial charge in [-0.2, -0.15) is 4.31 Å². The number of nitrogens with zero attached hydrogens (tertiary/aromatic N) is 3. The summed E-state index contributed by atoms with van der Waals surface area (Å²) >= 11 is 0. The summed E-state index contributed by atoms with van der Waals surface area (Å²) in [6.07, 6.45) is 4.20. The average Bonchev–Trinajstić information content (AvgIpc) is 3.15. The van der Waals surface area contributed by atoms with Crippen molar-refractivity contribution in [3.05, 3.63) is 42.6 Å². The highest BCUT2D eigenvalue weighted by atomic mass is 32.2. The normalized spacial score (nSPS) is 18.6. The molecule has 1 unspecified atom stereocenters. The summed E-state index contributed by atoms with van der Waals surface area (Å²) in [5, 5.41) is 2.72. The zero-order chi connectivity index (χ0) is 19.6. The van der Waals surface area contributed by atoms with Gasteiger partial charge in [0.1, 0.15) is 5.82 Å². The maximum absolute atomic E-state index is 13.0. The van der Waals surface area contributed by atoms with Crippen LogP contribution in [-0.4, -0.2) is 41.3 Å². The van der Waals surface area contributed by atoms with Gasteiger partial charge < -0.3 is 9.88 Å². The van der Waals surface area contributed by atoms with Crippen LogP contribution in [0.1, 0.15) is 32.7 Å². The zero-order valence-corrected chi connectivity index (χ0v) is 16.1. The SMILES string of the molecule is CC(C)n1cnc(S(=O)(=O)N2CCCC(C(=O)Nc3ccc(F)cc3)C2)c1. The van der Waals surface area contributed by atoms with E-state index >= 15 is 0 Å². The second-order valence-electron chi connectivity index (χ2n) is 6.95. The zero-order valence-electron chi connectivity index (χ0n) is 15.3. The fourth-order valence-corrected chi connectivity index (χ4v) is 4.46. The number of aromatic nitrogens is 2. The van der Waals surface area contributed by atoms with Crippen molar-refractivity contribution < 1.29 is 17.6 Å². The van der Waals surface area contributed by atoms with Crippen molar-refractivity contribution in [2.24, 2.45) is 5.92 Å². The Morgan fingerprint density at radius 2 is 2.00 bits per heavy atom. The van der Waals surface area contributed by atoms with Gasteiger partial charge in [-0.3, -0.25) is 4.79 Å². The van der Waals surface area contributed by atoms with Gasteiger partial charge in [-0.25, -0.2) is 17.8 Å². The first-order valence-corrected chi connectivity index (χ1v) is 10.3. The van der Waals surface area contributed by atoms with Gasteiger partial charge in [0.2, 0.25) is 5.91 Å². The molecule has 146 valence electrons. The molecule has 0 aliphatic carbocycles. The Morgan fingerprint density at radius 1 is 1.30 bits per heavy atom. The number of rotatable bonds is 5. The van der Waals surface area contributed by atoms with Crippen LogP contribution >= 0.6 is 0 Å². The minimum Gasteiger partial charge on any atom is -0.334 e. The number of hydrogen-bond donors (Lipinski definition) is 1. The van der Waals surface area contributed by atoms with E-state index in [0.717, 1.165) is 0 Å². The molecule has 1 aromatic carbocycles. The van der Waals surface area contributed by atoms with E-state index in [1.807, 2.05) is 13.8 Å². The summed E-state index contributed by atoms with van der Waals surface area (Å²) in [6.45, 7) is 4.34. The molecule has 1 aliphatic heterocycles. The molecule has 1 fully saturated rings. The van der Waals surface area contributed by atoms with E-state index in [4.69, 9.17) is 0 Å². The van der Waals surface area contributed by atoms with Crippen LogP contribution in [0.4, 0.5) is 10.1 Å².